The summed E-state index contributed by atoms with van der Waals surface area (Å²) < 4.78 is 5.40. The quantitative estimate of drug-likeness (QED) is 0.344. The summed E-state index contributed by atoms with van der Waals surface area (Å²) in [6.07, 6.45) is 0. The van der Waals surface area contributed by atoms with Crippen molar-refractivity contribution in [2.24, 2.45) is 4.99 Å². The molecule has 2 rings (SSSR count). The zero-order chi connectivity index (χ0) is 18.9. The van der Waals surface area contributed by atoms with Crippen LogP contribution >= 0.6 is 0 Å². The highest BCUT2D eigenvalue weighted by atomic mass is 16.6. The van der Waals surface area contributed by atoms with E-state index in [1.54, 1.807) is 25.3 Å². The maximum atomic E-state index is 11.1. The van der Waals surface area contributed by atoms with Crippen LogP contribution in [-0.4, -0.2) is 24.5 Å². The Labute approximate surface area is 153 Å². The van der Waals surface area contributed by atoms with Gasteiger partial charge in [-0.3, -0.25) is 10.1 Å². The highest BCUT2D eigenvalue weighted by Crippen LogP contribution is 2.21. The minimum Gasteiger partial charge on any atom is -0.496 e. The second-order valence-electron chi connectivity index (χ2n) is 5.75. The molecular weight excluding hydrogens is 332 g/mol. The van der Waals surface area contributed by atoms with Crippen molar-refractivity contribution in [3.05, 3.63) is 69.3 Å². The number of benzene rings is 2. The number of nitro benzene ring substituents is 1. The van der Waals surface area contributed by atoms with Crippen molar-refractivity contribution in [3.8, 4) is 5.75 Å². The van der Waals surface area contributed by atoms with Crippen LogP contribution in [0.25, 0.3) is 0 Å². The van der Waals surface area contributed by atoms with E-state index in [1.165, 1.54) is 6.07 Å². The van der Waals surface area contributed by atoms with Gasteiger partial charge < -0.3 is 15.4 Å². The molecule has 2 aromatic rings. The van der Waals surface area contributed by atoms with Crippen molar-refractivity contribution in [1.29, 1.82) is 0 Å². The third kappa shape index (κ3) is 5.20. The molecule has 0 saturated heterocycles. The van der Waals surface area contributed by atoms with E-state index >= 15 is 0 Å². The second-order valence-corrected chi connectivity index (χ2v) is 5.75. The molecule has 2 N–H and O–H groups in total. The fourth-order valence-corrected chi connectivity index (χ4v) is 2.51. The van der Waals surface area contributed by atoms with E-state index < -0.39 is 0 Å². The number of guanidine groups is 1. The zero-order valence-electron chi connectivity index (χ0n) is 15.3. The molecule has 2 aromatic carbocycles. The number of hydrogen-bond donors (Lipinski definition) is 2. The Balaban J connectivity index is 2.12. The zero-order valence-corrected chi connectivity index (χ0v) is 15.3. The van der Waals surface area contributed by atoms with Gasteiger partial charge in [0.05, 0.1) is 18.6 Å². The van der Waals surface area contributed by atoms with Crippen LogP contribution in [0.4, 0.5) is 5.69 Å². The van der Waals surface area contributed by atoms with Gasteiger partial charge in [-0.1, -0.05) is 30.3 Å². The number of rotatable bonds is 7. The first-order valence-corrected chi connectivity index (χ1v) is 8.43. The van der Waals surface area contributed by atoms with Crippen LogP contribution in [0.3, 0.4) is 0 Å². The molecule has 0 heterocycles. The molecular formula is C19H24N4O3. The van der Waals surface area contributed by atoms with Gasteiger partial charge in [0.2, 0.25) is 0 Å². The molecule has 0 fully saturated rings. The van der Waals surface area contributed by atoms with Crippen LogP contribution in [0.5, 0.6) is 5.75 Å². The number of hydrogen-bond acceptors (Lipinski definition) is 4. The normalized spacial score (nSPS) is 11.1. The highest BCUT2D eigenvalue weighted by Gasteiger charge is 2.12. The van der Waals surface area contributed by atoms with Crippen molar-refractivity contribution in [3.63, 3.8) is 0 Å². The number of nitro groups is 1. The summed E-state index contributed by atoms with van der Waals surface area (Å²) in [4.78, 5) is 15.3. The molecule has 0 unspecified atom stereocenters. The van der Waals surface area contributed by atoms with Crippen molar-refractivity contribution in [1.82, 2.24) is 10.6 Å². The number of nitrogens with one attached hydrogen (secondary N) is 2. The molecule has 0 amide bonds. The van der Waals surface area contributed by atoms with Gasteiger partial charge in [0.25, 0.3) is 5.69 Å². The second kappa shape index (κ2) is 9.41. The molecule has 7 nitrogen and oxygen atoms in total. The van der Waals surface area contributed by atoms with E-state index in [4.69, 9.17) is 4.74 Å². The first kappa shape index (κ1) is 19.2. The third-order valence-corrected chi connectivity index (χ3v) is 3.83. The molecule has 0 aliphatic heterocycles. The summed E-state index contributed by atoms with van der Waals surface area (Å²) in [5.41, 5.74) is 2.80. The number of nitrogens with zero attached hydrogens (tertiary/aromatic N) is 2. The Bertz CT molecular complexity index is 790. The Hall–Kier alpha value is -3.09. The lowest BCUT2D eigenvalue weighted by molar-refractivity contribution is -0.385. The number of aryl methyl sites for hydroxylation is 1. The molecule has 0 atom stereocenters. The minimum atomic E-state index is -0.377. The molecule has 0 spiro atoms. The SMILES string of the molecule is CCNC(=NCc1ccc(C)cc1OC)NCc1ccccc1[N+](=O)[O-]. The lowest BCUT2D eigenvalue weighted by Gasteiger charge is -2.12. The monoisotopic (exact) mass is 356 g/mol. The first-order chi connectivity index (χ1) is 12.5. The minimum absolute atomic E-state index is 0.0936. The molecule has 7 heteroatoms. The van der Waals surface area contributed by atoms with Gasteiger partial charge in [-0.25, -0.2) is 4.99 Å². The molecule has 0 aromatic heterocycles. The standard InChI is InChI=1S/C19H24N4O3/c1-4-20-19(21-12-15-7-5-6-8-17(15)23(24)25)22-13-16-10-9-14(2)11-18(16)26-3/h5-11H,4,12-13H2,1-3H3,(H2,20,21,22). The average Bonchev–Trinajstić information content (AvgIpc) is 2.64. The smallest absolute Gasteiger partial charge is 0.274 e. The molecule has 0 aliphatic carbocycles. The van der Waals surface area contributed by atoms with Crippen LogP contribution in [0.2, 0.25) is 0 Å². The van der Waals surface area contributed by atoms with E-state index in [1.807, 2.05) is 32.0 Å². The average molecular weight is 356 g/mol. The van der Waals surface area contributed by atoms with Crippen molar-refractivity contribution in [2.45, 2.75) is 26.9 Å². The van der Waals surface area contributed by atoms with E-state index in [0.717, 1.165) is 16.9 Å². The molecule has 138 valence electrons. The van der Waals surface area contributed by atoms with Crippen LogP contribution in [0.1, 0.15) is 23.6 Å². The van der Waals surface area contributed by atoms with Crippen LogP contribution in [0.15, 0.2) is 47.5 Å². The van der Waals surface area contributed by atoms with Gasteiger partial charge in [0.1, 0.15) is 5.75 Å². The summed E-state index contributed by atoms with van der Waals surface area (Å²) in [7, 11) is 1.64. The Morgan fingerprint density at radius 1 is 1.19 bits per heavy atom. The van der Waals surface area contributed by atoms with Gasteiger partial charge >= 0.3 is 0 Å². The topological polar surface area (TPSA) is 88.8 Å². The van der Waals surface area contributed by atoms with Gasteiger partial charge in [-0.2, -0.15) is 0 Å². The summed E-state index contributed by atoms with van der Waals surface area (Å²) in [6.45, 7) is 5.42. The molecule has 0 radical (unpaired) electrons. The summed E-state index contributed by atoms with van der Waals surface area (Å²) in [5.74, 6) is 1.39. The number of aliphatic imine (C=N–C) groups is 1. The lowest BCUT2D eigenvalue weighted by Crippen LogP contribution is -2.36. The van der Waals surface area contributed by atoms with E-state index in [0.29, 0.717) is 31.2 Å². The predicted molar refractivity (Wildman–Crippen MR) is 102 cm³/mol. The fraction of sp³-hybridized carbons (Fsp3) is 0.316. The molecule has 0 bridgehead atoms. The van der Waals surface area contributed by atoms with E-state index in [2.05, 4.69) is 15.6 Å². The van der Waals surface area contributed by atoms with Gasteiger partial charge in [-0.05, 0) is 25.5 Å². The van der Waals surface area contributed by atoms with Gasteiger partial charge in [-0.15, -0.1) is 0 Å². The lowest BCUT2D eigenvalue weighted by atomic mass is 10.1. The van der Waals surface area contributed by atoms with Crippen LogP contribution in [-0.2, 0) is 13.1 Å². The largest absolute Gasteiger partial charge is 0.496 e. The third-order valence-electron chi connectivity index (χ3n) is 3.83. The van der Waals surface area contributed by atoms with E-state index in [-0.39, 0.29) is 10.6 Å². The molecule has 0 aliphatic rings. The molecule has 0 saturated carbocycles. The Morgan fingerprint density at radius 3 is 2.65 bits per heavy atom. The van der Waals surface area contributed by atoms with Crippen LogP contribution in [0, 0.1) is 17.0 Å². The van der Waals surface area contributed by atoms with E-state index in [9.17, 15) is 10.1 Å². The first-order valence-electron chi connectivity index (χ1n) is 8.43. The predicted octanol–water partition coefficient (Wildman–Crippen LogP) is 3.17. The van der Waals surface area contributed by atoms with Crippen molar-refractivity contribution < 1.29 is 9.66 Å². The maximum Gasteiger partial charge on any atom is 0.274 e. The fourth-order valence-electron chi connectivity index (χ4n) is 2.51. The van der Waals surface area contributed by atoms with Gasteiger partial charge in [0, 0.05) is 30.3 Å². The Morgan fingerprint density at radius 2 is 1.96 bits per heavy atom. The maximum absolute atomic E-state index is 11.1. The number of methoxy groups -OCH3 is 1. The highest BCUT2D eigenvalue weighted by molar-refractivity contribution is 5.79. The van der Waals surface area contributed by atoms with Gasteiger partial charge in [0.15, 0.2) is 5.96 Å². The number of ether oxygens (including phenoxy) is 1. The van der Waals surface area contributed by atoms with Crippen molar-refractivity contribution >= 4 is 11.6 Å². The summed E-state index contributed by atoms with van der Waals surface area (Å²) in [6, 6.07) is 12.6. The summed E-state index contributed by atoms with van der Waals surface area (Å²) in [5, 5.41) is 17.4. The van der Waals surface area contributed by atoms with Crippen LogP contribution < -0.4 is 15.4 Å². The van der Waals surface area contributed by atoms with Crippen molar-refractivity contribution in [2.75, 3.05) is 13.7 Å². The number of para-hydroxylation sites is 1. The summed E-state index contributed by atoms with van der Waals surface area (Å²) >= 11 is 0. The Kier molecular flexibility index (Phi) is 6.96. The molecule has 26 heavy (non-hydrogen) atoms.